The lowest BCUT2D eigenvalue weighted by molar-refractivity contribution is 0.112. The zero-order chi connectivity index (χ0) is 12.1. The summed E-state index contributed by atoms with van der Waals surface area (Å²) >= 11 is 6.89. The van der Waals surface area contributed by atoms with Gasteiger partial charge in [0.25, 0.3) is 5.19 Å². The van der Waals surface area contributed by atoms with Crippen LogP contribution in [0.3, 0.4) is 0 Å². The van der Waals surface area contributed by atoms with Gasteiger partial charge in [0, 0.05) is 6.42 Å². The Bertz CT molecular complexity index is 498. The molecule has 0 fully saturated rings. The minimum atomic E-state index is 0.208. The van der Waals surface area contributed by atoms with Gasteiger partial charge >= 0.3 is 0 Å². The van der Waals surface area contributed by atoms with Crippen molar-refractivity contribution in [2.75, 3.05) is 6.61 Å². The predicted molar refractivity (Wildman–Crippen MR) is 68.2 cm³/mol. The van der Waals surface area contributed by atoms with Gasteiger partial charge in [-0.15, -0.1) is 0 Å². The molecule has 0 radical (unpaired) electrons. The Morgan fingerprint density at radius 1 is 1.35 bits per heavy atom. The lowest BCUT2D eigenvalue weighted by atomic mass is 10.2. The first-order valence-corrected chi connectivity index (χ1v) is 6.27. The maximum atomic E-state index is 10.6. The number of hydrogen-bond donors (Lipinski definition) is 0. The fourth-order valence-corrected chi connectivity index (χ4v) is 2.26. The number of thiazole rings is 1. The highest BCUT2D eigenvalue weighted by Gasteiger charge is 2.08. The Morgan fingerprint density at radius 2 is 2.12 bits per heavy atom. The topological polar surface area (TPSA) is 39.2 Å². The van der Waals surface area contributed by atoms with Gasteiger partial charge in [-0.3, -0.25) is 4.79 Å². The Kier molecular flexibility index (Phi) is 4.12. The molecule has 0 saturated carbocycles. The van der Waals surface area contributed by atoms with Crippen LogP contribution in [0.15, 0.2) is 30.3 Å². The van der Waals surface area contributed by atoms with E-state index in [0.717, 1.165) is 17.8 Å². The van der Waals surface area contributed by atoms with E-state index in [9.17, 15) is 4.79 Å². The molecule has 0 bridgehead atoms. The molecule has 0 unspecified atom stereocenters. The van der Waals surface area contributed by atoms with Crippen molar-refractivity contribution in [1.82, 2.24) is 4.98 Å². The summed E-state index contributed by atoms with van der Waals surface area (Å²) in [5.74, 6) is 0. The summed E-state index contributed by atoms with van der Waals surface area (Å²) in [5, 5.41) is 0.646. The molecule has 0 atom stereocenters. The maximum Gasteiger partial charge on any atom is 0.275 e. The molecule has 0 aliphatic carbocycles. The first kappa shape index (κ1) is 12.1. The average molecular weight is 268 g/mol. The van der Waals surface area contributed by atoms with Crippen LogP contribution in [-0.2, 0) is 6.42 Å². The van der Waals surface area contributed by atoms with Crippen LogP contribution in [0.5, 0.6) is 5.19 Å². The third-order valence-electron chi connectivity index (χ3n) is 2.16. The van der Waals surface area contributed by atoms with Crippen molar-refractivity contribution in [3.63, 3.8) is 0 Å². The molecule has 88 valence electrons. The summed E-state index contributed by atoms with van der Waals surface area (Å²) < 4.78 is 5.44. The molecule has 0 saturated heterocycles. The number of benzene rings is 1. The Labute approximate surface area is 108 Å². The second-order valence-corrected chi connectivity index (χ2v) is 4.69. The molecule has 1 heterocycles. The average Bonchev–Trinajstić information content (AvgIpc) is 2.71. The van der Waals surface area contributed by atoms with Crippen LogP contribution in [0.4, 0.5) is 0 Å². The van der Waals surface area contributed by atoms with Crippen LogP contribution < -0.4 is 4.74 Å². The van der Waals surface area contributed by atoms with E-state index in [0.29, 0.717) is 23.0 Å². The molecular weight excluding hydrogens is 258 g/mol. The lowest BCUT2D eigenvalue weighted by Crippen LogP contribution is -2.00. The van der Waals surface area contributed by atoms with Gasteiger partial charge < -0.3 is 4.74 Å². The van der Waals surface area contributed by atoms with Gasteiger partial charge in [-0.05, 0) is 5.56 Å². The number of carbonyl (C=O) groups is 1. The van der Waals surface area contributed by atoms with Gasteiger partial charge in [-0.1, -0.05) is 53.3 Å². The van der Waals surface area contributed by atoms with Crippen LogP contribution in [0, 0.1) is 0 Å². The summed E-state index contributed by atoms with van der Waals surface area (Å²) in [5.41, 5.74) is 1.20. The maximum absolute atomic E-state index is 10.6. The number of nitrogens with zero attached hydrogens (tertiary/aromatic N) is 1. The molecule has 0 N–H and O–H groups in total. The highest BCUT2D eigenvalue weighted by molar-refractivity contribution is 7.15. The van der Waals surface area contributed by atoms with Crippen LogP contribution >= 0.6 is 22.9 Å². The van der Waals surface area contributed by atoms with Gasteiger partial charge in [0.1, 0.15) is 4.88 Å². The summed E-state index contributed by atoms with van der Waals surface area (Å²) in [6.45, 7) is 0.520. The first-order valence-electron chi connectivity index (χ1n) is 5.08. The number of halogens is 1. The van der Waals surface area contributed by atoms with E-state index in [1.165, 1.54) is 5.56 Å². The minimum Gasteiger partial charge on any atom is -0.470 e. The third-order valence-corrected chi connectivity index (χ3v) is 3.45. The van der Waals surface area contributed by atoms with E-state index in [2.05, 4.69) is 4.98 Å². The van der Waals surface area contributed by atoms with Crippen molar-refractivity contribution < 1.29 is 9.53 Å². The lowest BCUT2D eigenvalue weighted by Gasteiger charge is -2.01. The zero-order valence-electron chi connectivity index (χ0n) is 8.93. The normalized spacial score (nSPS) is 10.2. The molecule has 0 aliphatic heterocycles. The van der Waals surface area contributed by atoms with Crippen LogP contribution in [0.1, 0.15) is 15.2 Å². The van der Waals surface area contributed by atoms with Gasteiger partial charge in [0.15, 0.2) is 11.4 Å². The van der Waals surface area contributed by atoms with E-state index in [1.807, 2.05) is 30.3 Å². The van der Waals surface area contributed by atoms with E-state index in [4.69, 9.17) is 16.3 Å². The van der Waals surface area contributed by atoms with E-state index >= 15 is 0 Å². The summed E-state index contributed by atoms with van der Waals surface area (Å²) in [7, 11) is 0. The molecule has 0 amide bonds. The fourth-order valence-electron chi connectivity index (χ4n) is 1.33. The SMILES string of the molecule is O=Cc1sc(OCCc2ccccc2)nc1Cl. The predicted octanol–water partition coefficient (Wildman–Crippen LogP) is 3.23. The zero-order valence-corrected chi connectivity index (χ0v) is 10.5. The number of hydrogen-bond acceptors (Lipinski definition) is 4. The fraction of sp³-hybridized carbons (Fsp3) is 0.167. The molecule has 5 heteroatoms. The molecular formula is C12H10ClNO2S. The number of carbonyl (C=O) groups excluding carboxylic acids is 1. The molecule has 0 spiro atoms. The van der Waals surface area contributed by atoms with E-state index in [1.54, 1.807) is 0 Å². The van der Waals surface area contributed by atoms with Crippen molar-refractivity contribution in [2.45, 2.75) is 6.42 Å². The second-order valence-electron chi connectivity index (χ2n) is 3.34. The Morgan fingerprint density at radius 3 is 2.76 bits per heavy atom. The van der Waals surface area contributed by atoms with Crippen LogP contribution in [0.2, 0.25) is 5.15 Å². The molecule has 1 aromatic carbocycles. The highest BCUT2D eigenvalue weighted by atomic mass is 35.5. The van der Waals surface area contributed by atoms with Gasteiger partial charge in [0.05, 0.1) is 6.61 Å². The van der Waals surface area contributed by atoms with Crippen molar-refractivity contribution in [1.29, 1.82) is 0 Å². The van der Waals surface area contributed by atoms with Crippen molar-refractivity contribution >= 4 is 29.2 Å². The van der Waals surface area contributed by atoms with Gasteiger partial charge in [0.2, 0.25) is 0 Å². The van der Waals surface area contributed by atoms with Crippen molar-refractivity contribution in [2.24, 2.45) is 0 Å². The standard InChI is InChI=1S/C12H10ClNO2S/c13-11-10(8-15)17-12(14-11)16-7-6-9-4-2-1-3-5-9/h1-5,8H,6-7H2. The first-order chi connectivity index (χ1) is 8.29. The molecule has 17 heavy (non-hydrogen) atoms. The smallest absolute Gasteiger partial charge is 0.275 e. The van der Waals surface area contributed by atoms with Gasteiger partial charge in [-0.2, -0.15) is 4.98 Å². The Hall–Kier alpha value is -1.39. The third kappa shape index (κ3) is 3.28. The molecule has 2 aromatic rings. The number of rotatable bonds is 5. The number of aldehydes is 1. The quantitative estimate of drug-likeness (QED) is 0.781. The number of ether oxygens (including phenoxy) is 1. The van der Waals surface area contributed by atoms with Crippen molar-refractivity contribution in [3.05, 3.63) is 45.9 Å². The van der Waals surface area contributed by atoms with E-state index in [-0.39, 0.29) is 5.15 Å². The Balaban J connectivity index is 1.88. The number of aromatic nitrogens is 1. The largest absolute Gasteiger partial charge is 0.470 e. The highest BCUT2D eigenvalue weighted by Crippen LogP contribution is 2.27. The second kappa shape index (κ2) is 5.80. The van der Waals surface area contributed by atoms with E-state index < -0.39 is 0 Å². The van der Waals surface area contributed by atoms with Crippen molar-refractivity contribution in [3.8, 4) is 5.19 Å². The van der Waals surface area contributed by atoms with Crippen LogP contribution in [-0.4, -0.2) is 17.9 Å². The molecule has 2 rings (SSSR count). The van der Waals surface area contributed by atoms with Crippen LogP contribution in [0.25, 0.3) is 0 Å². The summed E-state index contributed by atoms with van der Waals surface area (Å²) in [4.78, 5) is 14.9. The molecule has 3 nitrogen and oxygen atoms in total. The summed E-state index contributed by atoms with van der Waals surface area (Å²) in [6.07, 6.45) is 1.48. The monoisotopic (exact) mass is 267 g/mol. The van der Waals surface area contributed by atoms with Gasteiger partial charge in [-0.25, -0.2) is 0 Å². The minimum absolute atomic E-state index is 0.208. The molecule has 1 aromatic heterocycles. The molecule has 0 aliphatic rings. The summed E-state index contributed by atoms with van der Waals surface area (Å²) in [6, 6.07) is 10.0.